The predicted molar refractivity (Wildman–Crippen MR) is 55.7 cm³/mol. The average molecular weight is 234 g/mol. The molecule has 0 unspecified atom stereocenters. The normalized spacial score (nSPS) is 11.3. The summed E-state index contributed by atoms with van der Waals surface area (Å²) in [6.45, 7) is 4.17. The Hall–Kier alpha value is -1.11. The Labute approximate surface area is 91.4 Å². The molecule has 0 radical (unpaired) electrons. The van der Waals surface area contributed by atoms with Gasteiger partial charge in [0.2, 0.25) is 0 Å². The summed E-state index contributed by atoms with van der Waals surface area (Å²) in [6, 6.07) is 0. The Bertz CT molecular complexity index is 362. The third-order valence-electron chi connectivity index (χ3n) is 1.75. The van der Waals surface area contributed by atoms with Crippen LogP contribution in [-0.2, 0) is 6.54 Å². The van der Waals surface area contributed by atoms with Crippen molar-refractivity contribution < 1.29 is 8.78 Å². The van der Waals surface area contributed by atoms with E-state index in [0.717, 1.165) is 4.68 Å². The maximum Gasteiger partial charge on any atom is 0.282 e. The van der Waals surface area contributed by atoms with Crippen molar-refractivity contribution in [2.45, 2.75) is 26.8 Å². The Kier molecular flexibility index (Phi) is 3.67. The molecule has 1 rings (SSSR count). The summed E-state index contributed by atoms with van der Waals surface area (Å²) < 4.78 is 26.6. The van der Waals surface area contributed by atoms with E-state index in [-0.39, 0.29) is 22.3 Å². The first-order valence-corrected chi connectivity index (χ1v) is 4.85. The zero-order valence-corrected chi connectivity index (χ0v) is 9.26. The molecule has 15 heavy (non-hydrogen) atoms. The molecule has 0 spiro atoms. The van der Waals surface area contributed by atoms with E-state index in [2.05, 4.69) is 22.5 Å². The fourth-order valence-corrected chi connectivity index (χ4v) is 1.34. The van der Waals surface area contributed by atoms with E-state index < -0.39 is 6.43 Å². The average Bonchev–Trinajstić information content (AvgIpc) is 2.46. The minimum atomic E-state index is -2.67. The van der Waals surface area contributed by atoms with E-state index in [1.807, 2.05) is 13.8 Å². The summed E-state index contributed by atoms with van der Waals surface area (Å²) in [6.07, 6.45) is -2.67. The summed E-state index contributed by atoms with van der Waals surface area (Å²) in [5.41, 5.74) is 4.90. The molecule has 0 atom stereocenters. The molecule has 7 heteroatoms. The molecule has 0 aliphatic heterocycles. The summed E-state index contributed by atoms with van der Waals surface area (Å²) in [5.74, 6) is 0.198. The predicted octanol–water partition coefficient (Wildman–Crippen LogP) is 1.51. The van der Waals surface area contributed by atoms with Gasteiger partial charge in [0.1, 0.15) is 16.4 Å². The smallest absolute Gasteiger partial charge is 0.282 e. The quantitative estimate of drug-likeness (QED) is 0.802. The number of aromatic nitrogens is 3. The largest absolute Gasteiger partial charge is 0.388 e. The van der Waals surface area contributed by atoms with Crippen LogP contribution in [0.5, 0.6) is 0 Å². The van der Waals surface area contributed by atoms with Gasteiger partial charge in [0.05, 0.1) is 0 Å². The number of nitrogens with zero attached hydrogens (tertiary/aromatic N) is 3. The number of hydrogen-bond donors (Lipinski definition) is 1. The molecule has 0 saturated heterocycles. The first-order valence-electron chi connectivity index (χ1n) is 4.44. The third kappa shape index (κ3) is 2.68. The molecule has 0 aliphatic carbocycles. The number of thiocarbonyl (C=S) groups is 1. The molecule has 1 aromatic heterocycles. The molecular weight excluding hydrogens is 222 g/mol. The fourth-order valence-electron chi connectivity index (χ4n) is 1.19. The molecule has 0 amide bonds. The van der Waals surface area contributed by atoms with Gasteiger partial charge in [-0.05, 0) is 5.92 Å². The van der Waals surface area contributed by atoms with Crippen molar-refractivity contribution in [3.05, 3.63) is 11.4 Å². The maximum absolute atomic E-state index is 12.7. The molecule has 84 valence electrons. The van der Waals surface area contributed by atoms with Crippen LogP contribution in [0.3, 0.4) is 0 Å². The Morgan fingerprint density at radius 3 is 2.53 bits per heavy atom. The van der Waals surface area contributed by atoms with Crippen LogP contribution in [0, 0.1) is 5.92 Å². The number of hydrogen-bond acceptors (Lipinski definition) is 3. The highest BCUT2D eigenvalue weighted by Crippen LogP contribution is 2.22. The van der Waals surface area contributed by atoms with Crippen molar-refractivity contribution >= 4 is 17.2 Å². The summed E-state index contributed by atoms with van der Waals surface area (Å²) in [4.78, 5) is -0.152. The molecular formula is C8H12F2N4S. The van der Waals surface area contributed by atoms with Crippen LogP contribution in [0.15, 0.2) is 0 Å². The van der Waals surface area contributed by atoms with Crippen molar-refractivity contribution in [3.8, 4) is 0 Å². The van der Waals surface area contributed by atoms with E-state index in [4.69, 9.17) is 5.73 Å². The van der Waals surface area contributed by atoms with Gasteiger partial charge in [-0.15, -0.1) is 5.10 Å². The van der Waals surface area contributed by atoms with Crippen molar-refractivity contribution in [2.75, 3.05) is 0 Å². The van der Waals surface area contributed by atoms with Gasteiger partial charge in [-0.25, -0.2) is 13.5 Å². The lowest BCUT2D eigenvalue weighted by molar-refractivity contribution is 0.137. The molecule has 1 heterocycles. The van der Waals surface area contributed by atoms with Crippen molar-refractivity contribution in [2.24, 2.45) is 11.7 Å². The van der Waals surface area contributed by atoms with Gasteiger partial charge in [0, 0.05) is 6.54 Å². The molecule has 2 N–H and O–H groups in total. The number of alkyl halides is 2. The van der Waals surface area contributed by atoms with Gasteiger partial charge in [-0.1, -0.05) is 31.3 Å². The monoisotopic (exact) mass is 234 g/mol. The van der Waals surface area contributed by atoms with Gasteiger partial charge < -0.3 is 5.73 Å². The van der Waals surface area contributed by atoms with Gasteiger partial charge in [0.15, 0.2) is 0 Å². The Balaban J connectivity index is 3.12. The minimum absolute atomic E-state index is 0.0827. The number of halogens is 2. The van der Waals surface area contributed by atoms with Crippen LogP contribution < -0.4 is 5.73 Å². The lowest BCUT2D eigenvalue weighted by atomic mass is 10.2. The minimum Gasteiger partial charge on any atom is -0.388 e. The maximum atomic E-state index is 12.7. The second kappa shape index (κ2) is 4.61. The van der Waals surface area contributed by atoms with E-state index >= 15 is 0 Å². The number of nitrogens with two attached hydrogens (primary N) is 1. The highest BCUT2D eigenvalue weighted by Gasteiger charge is 2.23. The topological polar surface area (TPSA) is 56.7 Å². The number of rotatable bonds is 4. The van der Waals surface area contributed by atoms with Gasteiger partial charge >= 0.3 is 0 Å². The summed E-state index contributed by atoms with van der Waals surface area (Å²) in [5, 5.41) is 7.17. The SMILES string of the molecule is CC(C)Cn1nnc(C(N)=S)c1C(F)F. The molecule has 0 saturated carbocycles. The van der Waals surface area contributed by atoms with Crippen molar-refractivity contribution in [1.82, 2.24) is 15.0 Å². The zero-order valence-electron chi connectivity index (χ0n) is 8.44. The van der Waals surface area contributed by atoms with E-state index in [1.165, 1.54) is 0 Å². The standard InChI is InChI=1S/C8H12F2N4S/c1-4(2)3-14-6(7(9)10)5(8(11)15)12-13-14/h4,7H,3H2,1-2H3,(H2,11,15). The van der Waals surface area contributed by atoms with E-state index in [1.54, 1.807) is 0 Å². The first-order chi connectivity index (χ1) is 6.93. The molecule has 0 aliphatic rings. The molecule has 1 aromatic rings. The van der Waals surface area contributed by atoms with Crippen molar-refractivity contribution in [1.29, 1.82) is 0 Å². The molecule has 4 nitrogen and oxygen atoms in total. The fraction of sp³-hybridized carbons (Fsp3) is 0.625. The highest BCUT2D eigenvalue weighted by atomic mass is 32.1. The lowest BCUT2D eigenvalue weighted by Crippen LogP contribution is -2.15. The van der Waals surface area contributed by atoms with E-state index in [0.29, 0.717) is 6.54 Å². The third-order valence-corrected chi connectivity index (χ3v) is 1.94. The van der Waals surface area contributed by atoms with Gasteiger partial charge in [-0.2, -0.15) is 0 Å². The highest BCUT2D eigenvalue weighted by molar-refractivity contribution is 7.80. The zero-order chi connectivity index (χ0) is 11.6. The van der Waals surface area contributed by atoms with Crippen LogP contribution in [0.2, 0.25) is 0 Å². The van der Waals surface area contributed by atoms with Gasteiger partial charge in [0.25, 0.3) is 6.43 Å². The second-order valence-electron chi connectivity index (χ2n) is 3.56. The van der Waals surface area contributed by atoms with Crippen LogP contribution in [0.1, 0.15) is 31.7 Å². The van der Waals surface area contributed by atoms with Crippen molar-refractivity contribution in [3.63, 3.8) is 0 Å². The lowest BCUT2D eigenvalue weighted by Gasteiger charge is -2.08. The van der Waals surface area contributed by atoms with Crippen LogP contribution in [0.4, 0.5) is 8.78 Å². The Morgan fingerprint density at radius 2 is 2.13 bits per heavy atom. The molecule has 0 fully saturated rings. The van der Waals surface area contributed by atoms with Crippen LogP contribution in [-0.4, -0.2) is 20.0 Å². The van der Waals surface area contributed by atoms with Gasteiger partial charge in [-0.3, -0.25) is 0 Å². The van der Waals surface area contributed by atoms with E-state index in [9.17, 15) is 8.78 Å². The Morgan fingerprint density at radius 1 is 1.53 bits per heavy atom. The van der Waals surface area contributed by atoms with Crippen LogP contribution in [0.25, 0.3) is 0 Å². The molecule has 0 bridgehead atoms. The summed E-state index contributed by atoms with van der Waals surface area (Å²) in [7, 11) is 0. The molecule has 0 aromatic carbocycles. The first kappa shape index (κ1) is 12.0. The second-order valence-corrected chi connectivity index (χ2v) is 4.00. The van der Waals surface area contributed by atoms with Crippen LogP contribution >= 0.6 is 12.2 Å². The summed E-state index contributed by atoms with van der Waals surface area (Å²) >= 11 is 4.62.